The van der Waals surface area contributed by atoms with E-state index in [1.54, 1.807) is 0 Å². The molecule has 0 atom stereocenters. The zero-order valence-electron chi connectivity index (χ0n) is 16.6. The van der Waals surface area contributed by atoms with Crippen LogP contribution in [0.5, 0.6) is 11.5 Å². The van der Waals surface area contributed by atoms with E-state index in [-0.39, 0.29) is 0 Å². The second kappa shape index (κ2) is 11.9. The monoisotopic (exact) mass is 474 g/mol. The molecule has 0 unspecified atom stereocenters. The summed E-state index contributed by atoms with van der Waals surface area (Å²) in [5.74, 6) is 4.34. The van der Waals surface area contributed by atoms with Gasteiger partial charge in [0.05, 0.1) is 0 Å². The quantitative estimate of drug-likeness (QED) is 0.249. The first kappa shape index (κ1) is 23.3. The van der Waals surface area contributed by atoms with Crippen LogP contribution in [-0.4, -0.2) is 0 Å². The molecule has 0 saturated heterocycles. The molecule has 158 valence electrons. The smallest absolute Gasteiger partial charge is 0.120 e. The predicted molar refractivity (Wildman–Crippen MR) is 139 cm³/mol. The van der Waals surface area contributed by atoms with Gasteiger partial charge in [-0.05, 0) is 57.6 Å². The van der Waals surface area contributed by atoms with E-state index in [0.717, 1.165) is 44.9 Å². The molecule has 0 N–H and O–H groups in total. The fourth-order valence-corrected chi connectivity index (χ4v) is 3.88. The van der Waals surface area contributed by atoms with Crippen molar-refractivity contribution >= 4 is 50.5 Å². The van der Waals surface area contributed by atoms with Crippen molar-refractivity contribution in [3.63, 3.8) is 0 Å². The molecule has 0 aromatic heterocycles. The first-order chi connectivity index (χ1) is 14.6. The molecule has 3 aromatic carbocycles. The lowest BCUT2D eigenvalue weighted by Gasteiger charge is -2.14. The molecule has 0 aliphatic heterocycles. The van der Waals surface area contributed by atoms with Crippen LogP contribution in [0.3, 0.4) is 0 Å². The Morgan fingerprint density at radius 3 is 1.13 bits per heavy atom. The zero-order chi connectivity index (χ0) is 21.3. The fraction of sp³-hybridized carbons (Fsp3) is 0.250. The van der Waals surface area contributed by atoms with Crippen LogP contribution in [0.25, 0.3) is 0 Å². The van der Waals surface area contributed by atoms with E-state index in [1.165, 1.54) is 0 Å². The lowest BCUT2D eigenvalue weighted by atomic mass is 10.1. The van der Waals surface area contributed by atoms with Gasteiger partial charge in [0.1, 0.15) is 24.7 Å². The van der Waals surface area contributed by atoms with Gasteiger partial charge in [-0.25, -0.2) is 0 Å². The first-order valence-corrected chi connectivity index (χ1v) is 12.2. The van der Waals surface area contributed by atoms with Crippen molar-refractivity contribution in [2.24, 2.45) is 0 Å². The van der Waals surface area contributed by atoms with Gasteiger partial charge in [0.25, 0.3) is 0 Å². The number of rotatable bonds is 10. The Hall–Kier alpha value is -1.34. The summed E-state index contributed by atoms with van der Waals surface area (Å²) in [5, 5.41) is 0. The summed E-state index contributed by atoms with van der Waals surface area (Å²) < 4.78 is 12.2. The molecule has 0 saturated carbocycles. The Kier molecular flexibility index (Phi) is 9.25. The zero-order valence-corrected chi connectivity index (χ0v) is 20.2. The summed E-state index contributed by atoms with van der Waals surface area (Å²) in [6.45, 7) is 0.945. The Balaban J connectivity index is 1.71. The molecule has 6 heteroatoms. The number of ether oxygens (including phenoxy) is 2. The third kappa shape index (κ3) is 6.58. The van der Waals surface area contributed by atoms with Crippen molar-refractivity contribution in [2.45, 2.75) is 36.2 Å². The minimum atomic E-state index is 0.472. The minimum absolute atomic E-state index is 0.472. The molecule has 0 amide bonds. The highest BCUT2D eigenvalue weighted by molar-refractivity contribution is 7.79. The van der Waals surface area contributed by atoms with Gasteiger partial charge in [-0.15, -0.1) is 0 Å². The van der Waals surface area contributed by atoms with Gasteiger partial charge in [0.15, 0.2) is 0 Å². The number of hydrogen-bond acceptors (Lipinski definition) is 6. The minimum Gasteiger partial charge on any atom is -0.489 e. The average molecular weight is 475 g/mol. The summed E-state index contributed by atoms with van der Waals surface area (Å²) in [6.07, 6.45) is 0. The van der Waals surface area contributed by atoms with Crippen LogP contribution >= 0.6 is 50.5 Å². The maximum Gasteiger partial charge on any atom is 0.120 e. The van der Waals surface area contributed by atoms with Gasteiger partial charge < -0.3 is 9.47 Å². The van der Waals surface area contributed by atoms with Crippen molar-refractivity contribution in [3.8, 4) is 11.5 Å². The number of thiol groups is 4. The Morgan fingerprint density at radius 1 is 0.500 bits per heavy atom. The lowest BCUT2D eigenvalue weighted by Crippen LogP contribution is -2.04. The predicted octanol–water partition coefficient (Wildman–Crippen LogP) is 6.56. The Bertz CT molecular complexity index is 852. The molecule has 0 heterocycles. The molecular weight excluding hydrogens is 449 g/mol. The maximum absolute atomic E-state index is 6.10. The highest BCUT2D eigenvalue weighted by Gasteiger charge is 2.07. The van der Waals surface area contributed by atoms with Crippen molar-refractivity contribution < 1.29 is 9.47 Å². The summed E-state index contributed by atoms with van der Waals surface area (Å²) >= 11 is 17.5. The van der Waals surface area contributed by atoms with E-state index >= 15 is 0 Å². The van der Waals surface area contributed by atoms with Gasteiger partial charge in [0.2, 0.25) is 0 Å². The van der Waals surface area contributed by atoms with E-state index in [4.69, 9.17) is 9.47 Å². The van der Waals surface area contributed by atoms with Gasteiger partial charge in [-0.2, -0.15) is 50.5 Å². The second-order valence-corrected chi connectivity index (χ2v) is 8.21. The highest BCUT2D eigenvalue weighted by atomic mass is 32.1. The largest absolute Gasteiger partial charge is 0.489 e. The molecule has 0 fully saturated rings. The molecular formula is C24H26O2S4. The molecule has 2 nitrogen and oxygen atoms in total. The van der Waals surface area contributed by atoms with Crippen molar-refractivity contribution in [3.05, 3.63) is 94.0 Å². The van der Waals surface area contributed by atoms with Crippen LogP contribution in [0.1, 0.15) is 33.4 Å². The lowest BCUT2D eigenvalue weighted by molar-refractivity contribution is 0.285. The van der Waals surface area contributed by atoms with Crippen LogP contribution in [-0.2, 0) is 36.2 Å². The molecule has 0 spiro atoms. The SMILES string of the molecule is SCc1cc(CS)cc(OCc2ccccc2COc2cc(CS)cc(CS)c2)c1. The normalized spacial score (nSPS) is 10.8. The van der Waals surface area contributed by atoms with E-state index < -0.39 is 0 Å². The van der Waals surface area contributed by atoms with Crippen molar-refractivity contribution in [1.29, 1.82) is 0 Å². The average Bonchev–Trinajstić information content (AvgIpc) is 2.81. The van der Waals surface area contributed by atoms with E-state index in [2.05, 4.69) is 74.8 Å². The topological polar surface area (TPSA) is 18.5 Å². The van der Waals surface area contributed by atoms with E-state index in [0.29, 0.717) is 36.2 Å². The van der Waals surface area contributed by atoms with Crippen LogP contribution < -0.4 is 9.47 Å². The molecule has 0 radical (unpaired) electrons. The molecule has 0 aliphatic carbocycles. The van der Waals surface area contributed by atoms with Gasteiger partial charge in [0, 0.05) is 23.0 Å². The van der Waals surface area contributed by atoms with Crippen LogP contribution in [0.4, 0.5) is 0 Å². The standard InChI is InChI=1S/C24H26O2S4/c27-13-17-5-18(14-28)8-23(7-17)25-11-21-3-1-2-4-22(21)12-26-24-9-19(15-29)6-20(10-24)16-30/h1-10,27-30H,11-16H2. The third-order valence-corrected chi connectivity index (χ3v) is 6.15. The number of benzene rings is 3. The first-order valence-electron chi connectivity index (χ1n) is 9.66. The summed E-state index contributed by atoms with van der Waals surface area (Å²) in [6, 6.07) is 20.5. The summed E-state index contributed by atoms with van der Waals surface area (Å²) in [5.41, 5.74) is 6.70. The molecule has 0 aliphatic rings. The molecule has 3 aromatic rings. The van der Waals surface area contributed by atoms with Gasteiger partial charge >= 0.3 is 0 Å². The maximum atomic E-state index is 6.10. The Morgan fingerprint density at radius 2 is 0.833 bits per heavy atom. The number of hydrogen-bond donors (Lipinski definition) is 4. The van der Waals surface area contributed by atoms with E-state index in [9.17, 15) is 0 Å². The van der Waals surface area contributed by atoms with Crippen molar-refractivity contribution in [2.75, 3.05) is 0 Å². The second-order valence-electron chi connectivity index (χ2n) is 6.95. The summed E-state index contributed by atoms with van der Waals surface area (Å²) in [7, 11) is 0. The Labute approximate surface area is 201 Å². The van der Waals surface area contributed by atoms with Gasteiger partial charge in [-0.3, -0.25) is 0 Å². The van der Waals surface area contributed by atoms with Crippen LogP contribution in [0, 0.1) is 0 Å². The van der Waals surface area contributed by atoms with Crippen LogP contribution in [0.2, 0.25) is 0 Å². The molecule has 3 rings (SSSR count). The van der Waals surface area contributed by atoms with Gasteiger partial charge in [-0.1, -0.05) is 36.4 Å². The summed E-state index contributed by atoms with van der Waals surface area (Å²) in [4.78, 5) is 0. The van der Waals surface area contributed by atoms with Crippen molar-refractivity contribution in [1.82, 2.24) is 0 Å². The highest BCUT2D eigenvalue weighted by Crippen LogP contribution is 2.24. The fourth-order valence-electron chi connectivity index (χ4n) is 3.15. The molecule has 0 bridgehead atoms. The van der Waals surface area contributed by atoms with Crippen LogP contribution in [0.15, 0.2) is 60.7 Å². The molecule has 30 heavy (non-hydrogen) atoms. The third-order valence-electron chi connectivity index (χ3n) is 4.69. The van der Waals surface area contributed by atoms with E-state index in [1.807, 2.05) is 36.4 Å².